The highest BCUT2D eigenvalue weighted by atomic mass is 14.2. The first kappa shape index (κ1) is 28.3. The zero-order valence-electron chi connectivity index (χ0n) is 26.1. The van der Waals surface area contributed by atoms with E-state index in [1.807, 2.05) is 0 Å². The Bertz CT molecular complexity index is 1890. The summed E-state index contributed by atoms with van der Waals surface area (Å²) in [5.74, 6) is 0. The fourth-order valence-corrected chi connectivity index (χ4v) is 6.49. The lowest BCUT2D eigenvalue weighted by atomic mass is 9.86. The maximum atomic E-state index is 2.38. The average molecular weight is 577 g/mol. The lowest BCUT2D eigenvalue weighted by Gasteiger charge is -2.18. The molecule has 216 valence electrons. The molecule has 0 saturated carbocycles. The van der Waals surface area contributed by atoms with Crippen molar-refractivity contribution in [2.45, 2.75) is 20.8 Å². The Kier molecular flexibility index (Phi) is 7.72. The standard InChI is InChI=1S/C45H36/c1-31-13-10-16-34(25-31)40-19-4-7-22-43(40)37-28-38(44-23-8-5-20-41(44)35-17-11-14-32(2)26-35)30-39(29-37)45-24-9-6-21-42(45)36-18-12-15-33(3)27-36/h4-30H,1-3H3. The number of benzene rings is 7. The molecule has 0 aliphatic heterocycles. The number of hydrogen-bond acceptors (Lipinski definition) is 0. The van der Waals surface area contributed by atoms with Crippen LogP contribution in [-0.2, 0) is 0 Å². The summed E-state index contributed by atoms with van der Waals surface area (Å²) in [5.41, 5.74) is 18.5. The second kappa shape index (κ2) is 12.3. The van der Waals surface area contributed by atoms with Gasteiger partial charge in [-0.1, -0.05) is 162 Å². The molecule has 0 aliphatic carbocycles. The minimum Gasteiger partial charge on any atom is -0.0616 e. The van der Waals surface area contributed by atoms with Gasteiger partial charge in [-0.05, 0) is 106 Å². The summed E-state index contributed by atoms with van der Waals surface area (Å²) < 4.78 is 0. The van der Waals surface area contributed by atoms with Crippen LogP contribution >= 0.6 is 0 Å². The fourth-order valence-electron chi connectivity index (χ4n) is 6.49. The van der Waals surface area contributed by atoms with Gasteiger partial charge >= 0.3 is 0 Å². The Morgan fingerprint density at radius 2 is 0.467 bits per heavy atom. The largest absolute Gasteiger partial charge is 0.0616 e. The van der Waals surface area contributed by atoms with E-state index in [2.05, 4.69) is 185 Å². The molecular formula is C45H36. The predicted octanol–water partition coefficient (Wildman–Crippen LogP) is 12.6. The van der Waals surface area contributed by atoms with E-state index in [1.165, 1.54) is 83.5 Å². The van der Waals surface area contributed by atoms with E-state index < -0.39 is 0 Å². The molecule has 0 heterocycles. The van der Waals surface area contributed by atoms with Gasteiger partial charge in [-0.25, -0.2) is 0 Å². The highest BCUT2D eigenvalue weighted by Gasteiger charge is 2.16. The summed E-state index contributed by atoms with van der Waals surface area (Å²) in [6, 6.07) is 60.0. The van der Waals surface area contributed by atoms with Crippen LogP contribution in [0.15, 0.2) is 164 Å². The van der Waals surface area contributed by atoms with Gasteiger partial charge in [0.1, 0.15) is 0 Å². The zero-order valence-corrected chi connectivity index (χ0v) is 26.1. The van der Waals surface area contributed by atoms with Crippen molar-refractivity contribution in [3.63, 3.8) is 0 Å². The lowest BCUT2D eigenvalue weighted by Crippen LogP contribution is -1.92. The summed E-state index contributed by atoms with van der Waals surface area (Å²) in [5, 5.41) is 0. The van der Waals surface area contributed by atoms with E-state index in [4.69, 9.17) is 0 Å². The Morgan fingerprint density at radius 1 is 0.222 bits per heavy atom. The highest BCUT2D eigenvalue weighted by molar-refractivity contribution is 5.94. The van der Waals surface area contributed by atoms with E-state index in [-0.39, 0.29) is 0 Å². The maximum absolute atomic E-state index is 2.38. The van der Waals surface area contributed by atoms with Gasteiger partial charge in [0.15, 0.2) is 0 Å². The molecule has 45 heavy (non-hydrogen) atoms. The highest BCUT2D eigenvalue weighted by Crippen LogP contribution is 2.42. The van der Waals surface area contributed by atoms with Crippen LogP contribution in [0, 0.1) is 20.8 Å². The van der Waals surface area contributed by atoms with Gasteiger partial charge in [-0.15, -0.1) is 0 Å². The fraction of sp³-hybridized carbons (Fsp3) is 0.0667. The second-order valence-electron chi connectivity index (χ2n) is 12.0. The van der Waals surface area contributed by atoms with Gasteiger partial charge in [0, 0.05) is 0 Å². The minimum atomic E-state index is 1.21. The van der Waals surface area contributed by atoms with Crippen LogP contribution in [0.25, 0.3) is 66.8 Å². The summed E-state index contributed by atoms with van der Waals surface area (Å²) in [4.78, 5) is 0. The molecule has 0 nitrogen and oxygen atoms in total. The van der Waals surface area contributed by atoms with Crippen molar-refractivity contribution in [3.05, 3.63) is 180 Å². The molecule has 0 heteroatoms. The topological polar surface area (TPSA) is 0 Å². The minimum absolute atomic E-state index is 1.21. The number of hydrogen-bond donors (Lipinski definition) is 0. The monoisotopic (exact) mass is 576 g/mol. The van der Waals surface area contributed by atoms with E-state index in [0.29, 0.717) is 0 Å². The molecule has 0 saturated heterocycles. The van der Waals surface area contributed by atoms with Crippen molar-refractivity contribution in [3.8, 4) is 66.8 Å². The Labute approximate surface area is 267 Å². The Hall–Kier alpha value is -5.46. The van der Waals surface area contributed by atoms with E-state index in [9.17, 15) is 0 Å². The van der Waals surface area contributed by atoms with Gasteiger partial charge < -0.3 is 0 Å². The molecule has 0 aliphatic rings. The van der Waals surface area contributed by atoms with Crippen molar-refractivity contribution in [2.24, 2.45) is 0 Å². The summed E-state index contributed by atoms with van der Waals surface area (Å²) >= 11 is 0. The Balaban J connectivity index is 1.50. The predicted molar refractivity (Wildman–Crippen MR) is 193 cm³/mol. The van der Waals surface area contributed by atoms with E-state index in [0.717, 1.165) is 0 Å². The molecule has 7 rings (SSSR count). The molecule has 0 spiro atoms. The summed E-state index contributed by atoms with van der Waals surface area (Å²) in [6.45, 7) is 6.49. The van der Waals surface area contributed by atoms with Crippen LogP contribution in [0.3, 0.4) is 0 Å². The zero-order chi connectivity index (χ0) is 30.8. The molecular weight excluding hydrogens is 540 g/mol. The molecule has 0 aromatic heterocycles. The van der Waals surface area contributed by atoms with Gasteiger partial charge in [0.25, 0.3) is 0 Å². The smallest absolute Gasteiger partial charge is 0.0105 e. The number of rotatable bonds is 6. The summed E-state index contributed by atoms with van der Waals surface area (Å²) in [7, 11) is 0. The van der Waals surface area contributed by atoms with Crippen molar-refractivity contribution in [1.82, 2.24) is 0 Å². The molecule has 0 atom stereocenters. The van der Waals surface area contributed by atoms with Crippen molar-refractivity contribution in [1.29, 1.82) is 0 Å². The van der Waals surface area contributed by atoms with Gasteiger partial charge in [0.2, 0.25) is 0 Å². The Morgan fingerprint density at radius 3 is 0.711 bits per heavy atom. The van der Waals surface area contributed by atoms with Crippen LogP contribution in [0.5, 0.6) is 0 Å². The second-order valence-corrected chi connectivity index (χ2v) is 12.0. The first-order valence-corrected chi connectivity index (χ1v) is 15.7. The lowest BCUT2D eigenvalue weighted by molar-refractivity contribution is 1.46. The normalized spacial score (nSPS) is 11.0. The molecule has 7 aromatic rings. The van der Waals surface area contributed by atoms with Crippen molar-refractivity contribution < 1.29 is 0 Å². The van der Waals surface area contributed by atoms with Crippen LogP contribution in [0.2, 0.25) is 0 Å². The van der Waals surface area contributed by atoms with E-state index in [1.54, 1.807) is 0 Å². The average Bonchev–Trinajstić information content (AvgIpc) is 3.08. The molecule has 7 aromatic carbocycles. The van der Waals surface area contributed by atoms with Crippen molar-refractivity contribution >= 4 is 0 Å². The molecule has 0 amide bonds. The van der Waals surface area contributed by atoms with E-state index >= 15 is 0 Å². The number of aryl methyl sites for hydroxylation is 3. The van der Waals surface area contributed by atoms with Crippen LogP contribution < -0.4 is 0 Å². The first-order valence-electron chi connectivity index (χ1n) is 15.7. The van der Waals surface area contributed by atoms with Crippen LogP contribution in [0.1, 0.15) is 16.7 Å². The maximum Gasteiger partial charge on any atom is -0.0105 e. The molecule has 0 unspecified atom stereocenters. The molecule has 0 radical (unpaired) electrons. The van der Waals surface area contributed by atoms with Crippen LogP contribution in [0.4, 0.5) is 0 Å². The van der Waals surface area contributed by atoms with Gasteiger partial charge in [-0.2, -0.15) is 0 Å². The van der Waals surface area contributed by atoms with Gasteiger partial charge in [0.05, 0.1) is 0 Å². The third-order valence-corrected chi connectivity index (χ3v) is 8.63. The molecule has 0 bridgehead atoms. The summed E-state index contributed by atoms with van der Waals surface area (Å²) in [6.07, 6.45) is 0. The van der Waals surface area contributed by atoms with Crippen molar-refractivity contribution in [2.75, 3.05) is 0 Å². The third-order valence-electron chi connectivity index (χ3n) is 8.63. The quantitative estimate of drug-likeness (QED) is 0.185. The van der Waals surface area contributed by atoms with Gasteiger partial charge in [-0.3, -0.25) is 0 Å². The third kappa shape index (κ3) is 5.88. The first-order chi connectivity index (χ1) is 22.0. The molecule has 0 N–H and O–H groups in total. The molecule has 0 fully saturated rings. The SMILES string of the molecule is Cc1cccc(-c2ccccc2-c2cc(-c3ccccc3-c3cccc(C)c3)cc(-c3ccccc3-c3cccc(C)c3)c2)c1. The van der Waals surface area contributed by atoms with Crippen LogP contribution in [-0.4, -0.2) is 0 Å².